The van der Waals surface area contributed by atoms with Crippen molar-refractivity contribution in [3.63, 3.8) is 0 Å². The third kappa shape index (κ3) is 3.08. The lowest BCUT2D eigenvalue weighted by Gasteiger charge is -2.37. The Morgan fingerprint density at radius 1 is 1.45 bits per heavy atom. The highest BCUT2D eigenvalue weighted by atomic mass is 16.4. The zero-order valence-corrected chi connectivity index (χ0v) is 12.6. The summed E-state index contributed by atoms with van der Waals surface area (Å²) in [5.41, 5.74) is 0.964. The summed E-state index contributed by atoms with van der Waals surface area (Å²) < 4.78 is 0. The second-order valence-electron chi connectivity index (χ2n) is 5.98. The average Bonchev–Trinajstić information content (AvgIpc) is 2.37. The molecule has 2 unspecified atom stereocenters. The first-order valence-electron chi connectivity index (χ1n) is 7.23. The van der Waals surface area contributed by atoms with Crippen LogP contribution in [-0.4, -0.2) is 33.6 Å². The van der Waals surface area contributed by atoms with Crippen LogP contribution in [0.25, 0.3) is 0 Å². The first-order valence-corrected chi connectivity index (χ1v) is 7.23. The van der Waals surface area contributed by atoms with Crippen molar-refractivity contribution in [2.45, 2.75) is 52.5 Å². The van der Waals surface area contributed by atoms with Gasteiger partial charge in [-0.1, -0.05) is 13.8 Å². The van der Waals surface area contributed by atoms with Gasteiger partial charge in [0.2, 0.25) is 0 Å². The van der Waals surface area contributed by atoms with Crippen LogP contribution in [0.3, 0.4) is 0 Å². The topological polar surface area (TPSA) is 66.3 Å². The van der Waals surface area contributed by atoms with Crippen LogP contribution in [0, 0.1) is 12.8 Å². The van der Waals surface area contributed by atoms with Gasteiger partial charge < -0.3 is 10.0 Å². The second kappa shape index (κ2) is 5.77. The van der Waals surface area contributed by atoms with Crippen LogP contribution in [0.2, 0.25) is 0 Å². The lowest BCUT2D eigenvalue weighted by molar-refractivity contribution is -0.142. The Labute approximate surface area is 120 Å². The number of carbonyl (C=O) groups is 1. The van der Waals surface area contributed by atoms with Crippen molar-refractivity contribution in [1.82, 2.24) is 9.97 Å². The molecule has 1 aromatic rings. The minimum Gasteiger partial charge on any atom is -0.481 e. The monoisotopic (exact) mass is 277 g/mol. The molecule has 2 rings (SSSR count). The second-order valence-corrected chi connectivity index (χ2v) is 5.98. The number of aliphatic carboxylic acids is 1. The highest BCUT2D eigenvalue weighted by Gasteiger charge is 2.30. The highest BCUT2D eigenvalue weighted by Crippen LogP contribution is 2.28. The van der Waals surface area contributed by atoms with Crippen LogP contribution in [0.15, 0.2) is 6.07 Å². The molecular weight excluding hydrogens is 254 g/mol. The summed E-state index contributed by atoms with van der Waals surface area (Å²) in [4.78, 5) is 22.4. The van der Waals surface area contributed by atoms with Crippen LogP contribution in [0.4, 0.5) is 5.82 Å². The lowest BCUT2D eigenvalue weighted by Crippen LogP contribution is -2.43. The summed E-state index contributed by atoms with van der Waals surface area (Å²) in [6.07, 6.45) is 1.36. The summed E-state index contributed by atoms with van der Waals surface area (Å²) in [7, 11) is 0. The number of nitrogens with zero attached hydrogens (tertiary/aromatic N) is 3. The van der Waals surface area contributed by atoms with Gasteiger partial charge in [0.05, 0.1) is 5.92 Å². The zero-order valence-electron chi connectivity index (χ0n) is 12.6. The number of rotatable bonds is 3. The van der Waals surface area contributed by atoms with Crippen molar-refractivity contribution in [2.24, 2.45) is 5.92 Å². The quantitative estimate of drug-likeness (QED) is 0.920. The summed E-state index contributed by atoms with van der Waals surface area (Å²) in [6, 6.07) is 2.18. The lowest BCUT2D eigenvalue weighted by atomic mass is 9.92. The van der Waals surface area contributed by atoms with E-state index in [1.54, 1.807) is 0 Å². The van der Waals surface area contributed by atoms with E-state index < -0.39 is 5.97 Å². The van der Waals surface area contributed by atoms with Crippen LogP contribution in [0.1, 0.15) is 51.0 Å². The fraction of sp³-hybridized carbons (Fsp3) is 0.667. The van der Waals surface area contributed by atoms with E-state index in [4.69, 9.17) is 5.11 Å². The Bertz CT molecular complexity index is 502. The van der Waals surface area contributed by atoms with E-state index in [2.05, 4.69) is 35.6 Å². The fourth-order valence-electron chi connectivity index (χ4n) is 2.72. The maximum atomic E-state index is 11.1. The molecular formula is C15H23N3O2. The molecule has 110 valence electrons. The normalized spacial score (nSPS) is 23.1. The van der Waals surface area contributed by atoms with Gasteiger partial charge in [-0.25, -0.2) is 9.97 Å². The van der Waals surface area contributed by atoms with E-state index in [0.29, 0.717) is 18.8 Å². The largest absolute Gasteiger partial charge is 0.481 e. The molecule has 1 aromatic heterocycles. The number of aromatic nitrogens is 2. The van der Waals surface area contributed by atoms with Crippen molar-refractivity contribution in [2.75, 3.05) is 11.4 Å². The van der Waals surface area contributed by atoms with Gasteiger partial charge in [-0.2, -0.15) is 0 Å². The van der Waals surface area contributed by atoms with Gasteiger partial charge in [-0.05, 0) is 26.7 Å². The van der Waals surface area contributed by atoms with Crippen LogP contribution in [-0.2, 0) is 4.79 Å². The molecule has 1 aliphatic rings. The van der Waals surface area contributed by atoms with Crippen molar-refractivity contribution >= 4 is 11.8 Å². The van der Waals surface area contributed by atoms with Gasteiger partial charge in [0, 0.05) is 30.3 Å². The summed E-state index contributed by atoms with van der Waals surface area (Å²) in [5.74, 6) is 1.16. The standard InChI is InChI=1S/C15H23N3O2/c1-9(2)14-16-10(3)7-13(17-14)18-6-5-12(15(19)20)8-11(18)4/h7,9,11-12H,5-6,8H2,1-4H3,(H,19,20). The molecule has 2 heterocycles. The number of piperidine rings is 1. The predicted molar refractivity (Wildman–Crippen MR) is 78.0 cm³/mol. The summed E-state index contributed by atoms with van der Waals surface area (Å²) >= 11 is 0. The van der Waals surface area contributed by atoms with Gasteiger partial charge in [-0.3, -0.25) is 4.79 Å². The van der Waals surface area contributed by atoms with Crippen molar-refractivity contribution in [3.05, 3.63) is 17.6 Å². The molecule has 0 aromatic carbocycles. The van der Waals surface area contributed by atoms with Crippen molar-refractivity contribution in [3.8, 4) is 0 Å². The minimum absolute atomic E-state index is 0.194. The molecule has 1 fully saturated rings. The van der Waals surface area contributed by atoms with E-state index >= 15 is 0 Å². The fourth-order valence-corrected chi connectivity index (χ4v) is 2.72. The number of carboxylic acids is 1. The first kappa shape index (κ1) is 14.8. The molecule has 0 aliphatic carbocycles. The molecule has 0 amide bonds. The Balaban J connectivity index is 2.22. The van der Waals surface area contributed by atoms with Crippen molar-refractivity contribution in [1.29, 1.82) is 0 Å². The number of hydrogen-bond donors (Lipinski definition) is 1. The molecule has 1 N–H and O–H groups in total. The molecule has 0 bridgehead atoms. The molecule has 0 radical (unpaired) electrons. The number of carboxylic acid groups (broad SMARTS) is 1. The first-order chi connectivity index (χ1) is 9.38. The van der Waals surface area contributed by atoms with E-state index in [1.807, 2.05) is 13.0 Å². The maximum absolute atomic E-state index is 11.1. The van der Waals surface area contributed by atoms with Gasteiger partial charge in [0.25, 0.3) is 0 Å². The summed E-state index contributed by atoms with van der Waals surface area (Å²) in [6.45, 7) is 8.96. The minimum atomic E-state index is -0.682. The molecule has 2 atom stereocenters. The number of anilines is 1. The molecule has 1 aliphatic heterocycles. The molecule has 1 saturated heterocycles. The molecule has 5 heteroatoms. The van der Waals surface area contributed by atoms with Gasteiger partial charge in [0.15, 0.2) is 0 Å². The Morgan fingerprint density at radius 2 is 2.15 bits per heavy atom. The van der Waals surface area contributed by atoms with E-state index in [0.717, 1.165) is 23.9 Å². The summed E-state index contributed by atoms with van der Waals surface area (Å²) in [5, 5.41) is 9.13. The third-order valence-electron chi connectivity index (χ3n) is 3.89. The predicted octanol–water partition coefficient (Wildman–Crippen LogP) is 2.60. The zero-order chi connectivity index (χ0) is 14.9. The van der Waals surface area contributed by atoms with Crippen LogP contribution >= 0.6 is 0 Å². The van der Waals surface area contributed by atoms with E-state index in [9.17, 15) is 4.79 Å². The third-order valence-corrected chi connectivity index (χ3v) is 3.89. The van der Waals surface area contributed by atoms with E-state index in [-0.39, 0.29) is 12.0 Å². The average molecular weight is 277 g/mol. The molecule has 0 saturated carbocycles. The van der Waals surface area contributed by atoms with Gasteiger partial charge in [-0.15, -0.1) is 0 Å². The SMILES string of the molecule is Cc1cc(N2CCC(C(=O)O)CC2C)nc(C(C)C)n1. The van der Waals surface area contributed by atoms with Crippen molar-refractivity contribution < 1.29 is 9.90 Å². The maximum Gasteiger partial charge on any atom is 0.306 e. The Kier molecular flexibility index (Phi) is 4.26. The Hall–Kier alpha value is -1.65. The van der Waals surface area contributed by atoms with E-state index in [1.165, 1.54) is 0 Å². The molecule has 20 heavy (non-hydrogen) atoms. The smallest absolute Gasteiger partial charge is 0.306 e. The van der Waals surface area contributed by atoms with Crippen LogP contribution in [0.5, 0.6) is 0 Å². The number of aryl methyl sites for hydroxylation is 1. The highest BCUT2D eigenvalue weighted by molar-refractivity contribution is 5.70. The van der Waals surface area contributed by atoms with Gasteiger partial charge in [0.1, 0.15) is 11.6 Å². The molecule has 5 nitrogen and oxygen atoms in total. The number of hydrogen-bond acceptors (Lipinski definition) is 4. The Morgan fingerprint density at radius 3 is 2.70 bits per heavy atom. The van der Waals surface area contributed by atoms with Crippen LogP contribution < -0.4 is 4.90 Å². The molecule has 0 spiro atoms. The van der Waals surface area contributed by atoms with Gasteiger partial charge >= 0.3 is 5.97 Å².